The zero-order valence-corrected chi connectivity index (χ0v) is 9.89. The molecule has 96 valence electrons. The number of hydrogen-bond donors (Lipinski definition) is 2. The van der Waals surface area contributed by atoms with E-state index in [0.717, 1.165) is 0 Å². The normalized spacial score (nSPS) is 11.4. The molecule has 7 heteroatoms. The Hall–Kier alpha value is -1.15. The molecular weight excluding hydrogens is 248 g/mol. The Bertz CT molecular complexity index is 425. The topological polar surface area (TPSA) is 93.1 Å². The molecule has 0 saturated heterocycles. The Kier molecular flexibility index (Phi) is 5.36. The molecule has 0 aliphatic heterocycles. The number of aliphatic hydroxyl groups excluding tert-OH is 1. The molecule has 17 heavy (non-hydrogen) atoms. The van der Waals surface area contributed by atoms with Crippen LogP contribution in [0, 0.1) is 0 Å². The van der Waals surface area contributed by atoms with E-state index in [0.29, 0.717) is 19.0 Å². The predicted octanol–water partition coefficient (Wildman–Crippen LogP) is 0.321. The molecular formula is C10H14O6S. The largest absolute Gasteiger partial charge is 0.491 e. The first-order valence-corrected chi connectivity index (χ1v) is 6.37. The fourth-order valence-corrected chi connectivity index (χ4v) is 1.57. The summed E-state index contributed by atoms with van der Waals surface area (Å²) < 4.78 is 40.4. The summed E-state index contributed by atoms with van der Waals surface area (Å²) in [5.74, 6) is 0.477. The molecule has 0 bridgehead atoms. The monoisotopic (exact) mass is 262 g/mol. The van der Waals surface area contributed by atoms with Gasteiger partial charge in [0.1, 0.15) is 12.4 Å². The highest BCUT2D eigenvalue weighted by atomic mass is 32.2. The highest BCUT2D eigenvalue weighted by Gasteiger charge is 2.08. The summed E-state index contributed by atoms with van der Waals surface area (Å²) in [4.78, 5) is -0.179. The summed E-state index contributed by atoms with van der Waals surface area (Å²) in [6, 6.07) is 5.38. The van der Waals surface area contributed by atoms with Gasteiger partial charge in [0.2, 0.25) is 0 Å². The maximum absolute atomic E-state index is 10.7. The molecule has 6 nitrogen and oxygen atoms in total. The van der Waals surface area contributed by atoms with Gasteiger partial charge in [0.15, 0.2) is 0 Å². The summed E-state index contributed by atoms with van der Waals surface area (Å²) in [5.41, 5.74) is 0. The first-order valence-electron chi connectivity index (χ1n) is 4.93. The molecule has 2 N–H and O–H groups in total. The summed E-state index contributed by atoms with van der Waals surface area (Å²) in [7, 11) is -4.16. The zero-order chi connectivity index (χ0) is 12.7. The summed E-state index contributed by atoms with van der Waals surface area (Å²) in [5, 5.41) is 8.44. The van der Waals surface area contributed by atoms with Crippen LogP contribution in [0.2, 0.25) is 0 Å². The molecule has 0 aromatic heterocycles. The second-order valence-electron chi connectivity index (χ2n) is 3.13. The van der Waals surface area contributed by atoms with E-state index in [1.807, 2.05) is 0 Å². The molecule has 0 unspecified atom stereocenters. The molecule has 0 saturated carbocycles. The second-order valence-corrected chi connectivity index (χ2v) is 4.55. The van der Waals surface area contributed by atoms with Gasteiger partial charge in [-0.15, -0.1) is 0 Å². The highest BCUT2D eigenvalue weighted by molar-refractivity contribution is 7.85. The van der Waals surface area contributed by atoms with Gasteiger partial charge in [0.05, 0.1) is 24.7 Å². The average Bonchev–Trinajstić information content (AvgIpc) is 2.28. The maximum atomic E-state index is 10.7. The van der Waals surface area contributed by atoms with Crippen molar-refractivity contribution in [3.8, 4) is 5.75 Å². The lowest BCUT2D eigenvalue weighted by Crippen LogP contribution is -2.09. The molecule has 0 radical (unpaired) electrons. The standard InChI is InChI=1S/C10H14O6S/c11-5-6-15-7-8-16-9-1-3-10(4-2-9)17(12,13)14/h1-4,11H,5-8H2,(H,12,13,14). The van der Waals surface area contributed by atoms with Crippen molar-refractivity contribution in [2.45, 2.75) is 4.90 Å². The van der Waals surface area contributed by atoms with Crippen LogP contribution < -0.4 is 4.74 Å². The molecule has 0 aliphatic carbocycles. The van der Waals surface area contributed by atoms with E-state index in [2.05, 4.69) is 0 Å². The smallest absolute Gasteiger partial charge is 0.294 e. The minimum absolute atomic E-state index is 0.0386. The lowest BCUT2D eigenvalue weighted by atomic mass is 10.3. The Labute approximate surface area is 99.5 Å². The van der Waals surface area contributed by atoms with Gasteiger partial charge in [-0.1, -0.05) is 0 Å². The minimum atomic E-state index is -4.16. The fraction of sp³-hybridized carbons (Fsp3) is 0.400. The lowest BCUT2D eigenvalue weighted by Gasteiger charge is -2.06. The van der Waals surface area contributed by atoms with E-state index in [1.54, 1.807) is 0 Å². The first-order chi connectivity index (χ1) is 8.04. The van der Waals surface area contributed by atoms with E-state index < -0.39 is 10.1 Å². The van der Waals surface area contributed by atoms with Crippen LogP contribution in [0.4, 0.5) is 0 Å². The van der Waals surface area contributed by atoms with Gasteiger partial charge in [0, 0.05) is 0 Å². The predicted molar refractivity (Wildman–Crippen MR) is 59.7 cm³/mol. The molecule has 1 aromatic rings. The Morgan fingerprint density at radius 3 is 2.24 bits per heavy atom. The SMILES string of the molecule is O=S(=O)(O)c1ccc(OCCOCCO)cc1. The average molecular weight is 262 g/mol. The van der Waals surface area contributed by atoms with Crippen molar-refractivity contribution in [2.24, 2.45) is 0 Å². The maximum Gasteiger partial charge on any atom is 0.294 e. The van der Waals surface area contributed by atoms with Gasteiger partial charge in [0.25, 0.3) is 10.1 Å². The summed E-state index contributed by atoms with van der Waals surface area (Å²) in [6.45, 7) is 0.847. The summed E-state index contributed by atoms with van der Waals surface area (Å²) in [6.07, 6.45) is 0. The van der Waals surface area contributed by atoms with Crippen molar-refractivity contribution in [3.63, 3.8) is 0 Å². The molecule has 0 spiro atoms. The van der Waals surface area contributed by atoms with Crippen LogP contribution in [-0.2, 0) is 14.9 Å². The van der Waals surface area contributed by atoms with Gasteiger partial charge in [-0.2, -0.15) is 8.42 Å². The Balaban J connectivity index is 2.41. The molecule has 0 atom stereocenters. The minimum Gasteiger partial charge on any atom is -0.491 e. The molecule has 0 fully saturated rings. The van der Waals surface area contributed by atoms with Crippen LogP contribution in [0.3, 0.4) is 0 Å². The summed E-state index contributed by atoms with van der Waals surface area (Å²) >= 11 is 0. The first kappa shape index (κ1) is 13.9. The van der Waals surface area contributed by atoms with Crippen molar-refractivity contribution in [3.05, 3.63) is 24.3 Å². The van der Waals surface area contributed by atoms with E-state index in [4.69, 9.17) is 19.1 Å². The zero-order valence-electron chi connectivity index (χ0n) is 9.07. The highest BCUT2D eigenvalue weighted by Crippen LogP contribution is 2.15. The molecule has 0 amide bonds. The van der Waals surface area contributed by atoms with Crippen LogP contribution in [0.5, 0.6) is 5.75 Å². The number of ether oxygens (including phenoxy) is 2. The molecule has 0 heterocycles. The van der Waals surface area contributed by atoms with Gasteiger partial charge in [-0.3, -0.25) is 4.55 Å². The van der Waals surface area contributed by atoms with Crippen molar-refractivity contribution in [1.29, 1.82) is 0 Å². The van der Waals surface area contributed by atoms with Crippen LogP contribution in [0.15, 0.2) is 29.2 Å². The molecule has 1 rings (SSSR count). The van der Waals surface area contributed by atoms with Crippen molar-refractivity contribution in [1.82, 2.24) is 0 Å². The van der Waals surface area contributed by atoms with Crippen LogP contribution in [0.1, 0.15) is 0 Å². The Morgan fingerprint density at radius 1 is 1.06 bits per heavy atom. The van der Waals surface area contributed by atoms with E-state index in [1.165, 1.54) is 24.3 Å². The van der Waals surface area contributed by atoms with Crippen molar-refractivity contribution < 1.29 is 27.6 Å². The number of rotatable bonds is 7. The third kappa shape index (κ3) is 5.14. The van der Waals surface area contributed by atoms with Gasteiger partial charge in [-0.05, 0) is 24.3 Å². The lowest BCUT2D eigenvalue weighted by molar-refractivity contribution is 0.0705. The molecule has 1 aromatic carbocycles. The van der Waals surface area contributed by atoms with Crippen LogP contribution >= 0.6 is 0 Å². The van der Waals surface area contributed by atoms with Crippen LogP contribution in [-0.4, -0.2) is 44.5 Å². The van der Waals surface area contributed by atoms with Crippen molar-refractivity contribution >= 4 is 10.1 Å². The van der Waals surface area contributed by atoms with E-state index in [-0.39, 0.29) is 18.1 Å². The van der Waals surface area contributed by atoms with E-state index >= 15 is 0 Å². The van der Waals surface area contributed by atoms with Gasteiger partial charge < -0.3 is 14.6 Å². The number of benzene rings is 1. The number of aliphatic hydroxyl groups is 1. The number of hydrogen-bond acceptors (Lipinski definition) is 5. The third-order valence-corrected chi connectivity index (χ3v) is 2.72. The third-order valence-electron chi connectivity index (χ3n) is 1.85. The van der Waals surface area contributed by atoms with E-state index in [9.17, 15) is 8.42 Å². The second kappa shape index (κ2) is 6.55. The Morgan fingerprint density at radius 2 is 1.71 bits per heavy atom. The van der Waals surface area contributed by atoms with Crippen LogP contribution in [0.25, 0.3) is 0 Å². The van der Waals surface area contributed by atoms with Gasteiger partial charge >= 0.3 is 0 Å². The molecule has 0 aliphatic rings. The quantitative estimate of drug-likeness (QED) is 0.543. The van der Waals surface area contributed by atoms with Gasteiger partial charge in [-0.25, -0.2) is 0 Å². The fourth-order valence-electron chi connectivity index (χ4n) is 1.09. The van der Waals surface area contributed by atoms with Crippen molar-refractivity contribution in [2.75, 3.05) is 26.4 Å².